The second-order valence-corrected chi connectivity index (χ2v) is 10.8. The molecule has 2 aromatic rings. The first-order valence-electron chi connectivity index (χ1n) is 13.8. The monoisotopic (exact) mass is 569 g/mol. The van der Waals surface area contributed by atoms with Gasteiger partial charge >= 0.3 is 12.1 Å². The molecule has 2 aromatic carbocycles. The van der Waals surface area contributed by atoms with Gasteiger partial charge in [0.15, 0.2) is 0 Å². The lowest BCUT2D eigenvalue weighted by Gasteiger charge is -2.34. The van der Waals surface area contributed by atoms with E-state index in [-0.39, 0.29) is 38.3 Å². The van der Waals surface area contributed by atoms with Gasteiger partial charge in [-0.25, -0.2) is 4.79 Å². The van der Waals surface area contributed by atoms with Crippen LogP contribution in [0.4, 0.5) is 4.79 Å². The Morgan fingerprint density at radius 2 is 1.66 bits per heavy atom. The number of alkyl carbamates (subject to hydrolysis) is 1. The van der Waals surface area contributed by atoms with Gasteiger partial charge in [-0.1, -0.05) is 35.9 Å². The van der Waals surface area contributed by atoms with Crippen LogP contribution >= 0.6 is 0 Å². The van der Waals surface area contributed by atoms with E-state index in [0.717, 1.165) is 11.1 Å². The number of aromatic hydroxyl groups is 1. The van der Waals surface area contributed by atoms with E-state index in [1.807, 2.05) is 32.0 Å². The molecular formula is C31H43N3O7. The van der Waals surface area contributed by atoms with Crippen molar-refractivity contribution in [1.29, 1.82) is 0 Å². The molecule has 3 N–H and O–H groups in total. The molecule has 0 aliphatic heterocycles. The fourth-order valence-electron chi connectivity index (χ4n) is 4.38. The van der Waals surface area contributed by atoms with E-state index >= 15 is 0 Å². The second kappa shape index (κ2) is 15.1. The maximum Gasteiger partial charge on any atom is 0.408 e. The number of carbonyl (C=O) groups is 4. The highest BCUT2D eigenvalue weighted by Gasteiger charge is 2.36. The van der Waals surface area contributed by atoms with Gasteiger partial charge in [-0.3, -0.25) is 14.4 Å². The molecule has 3 amide bonds. The van der Waals surface area contributed by atoms with Gasteiger partial charge in [-0.15, -0.1) is 0 Å². The molecule has 0 saturated heterocycles. The van der Waals surface area contributed by atoms with E-state index in [9.17, 15) is 24.3 Å². The number of phenolic OH excluding ortho intramolecular Hbond substituents is 1. The number of phenols is 1. The minimum atomic E-state index is -1.07. The van der Waals surface area contributed by atoms with E-state index in [2.05, 4.69) is 10.6 Å². The molecular weight excluding hydrogens is 526 g/mol. The van der Waals surface area contributed by atoms with Gasteiger partial charge in [0.1, 0.15) is 23.4 Å². The van der Waals surface area contributed by atoms with Crippen molar-refractivity contribution in [2.75, 3.05) is 19.7 Å². The van der Waals surface area contributed by atoms with Crippen LogP contribution in [0.5, 0.6) is 5.75 Å². The number of benzene rings is 2. The first-order chi connectivity index (χ1) is 19.2. The van der Waals surface area contributed by atoms with E-state index in [1.54, 1.807) is 46.8 Å². The maximum absolute atomic E-state index is 14.2. The zero-order chi connectivity index (χ0) is 30.7. The summed E-state index contributed by atoms with van der Waals surface area (Å²) in [6.07, 6.45) is -0.686. The van der Waals surface area contributed by atoms with E-state index in [1.165, 1.54) is 17.0 Å². The van der Waals surface area contributed by atoms with Crippen molar-refractivity contribution in [3.05, 3.63) is 64.7 Å². The molecule has 224 valence electrons. The number of aryl methyl sites for hydroxylation is 2. The van der Waals surface area contributed by atoms with Crippen molar-refractivity contribution in [1.82, 2.24) is 15.5 Å². The molecule has 0 aliphatic carbocycles. The Hall–Kier alpha value is -4.08. The molecule has 10 nitrogen and oxygen atoms in total. The lowest BCUT2D eigenvalue weighted by molar-refractivity contribution is -0.144. The number of nitrogens with one attached hydrogen (secondary N) is 2. The first kappa shape index (κ1) is 33.1. The predicted octanol–water partition coefficient (Wildman–Crippen LogP) is 4.10. The molecule has 0 saturated carbocycles. The van der Waals surface area contributed by atoms with E-state index < -0.39 is 41.6 Å². The number of nitrogens with zero attached hydrogens (tertiary/aromatic N) is 1. The Balaban J connectivity index is 2.46. The number of hydrogen-bond donors (Lipinski definition) is 3. The van der Waals surface area contributed by atoms with Gasteiger partial charge in [0.2, 0.25) is 11.8 Å². The van der Waals surface area contributed by atoms with Crippen molar-refractivity contribution >= 4 is 23.9 Å². The third-order valence-corrected chi connectivity index (χ3v) is 6.20. The molecule has 0 aromatic heterocycles. The Morgan fingerprint density at radius 3 is 2.22 bits per heavy atom. The van der Waals surface area contributed by atoms with Gasteiger partial charge in [0.25, 0.3) is 0 Å². The summed E-state index contributed by atoms with van der Waals surface area (Å²) in [7, 11) is 0. The summed E-state index contributed by atoms with van der Waals surface area (Å²) in [6, 6.07) is 9.82. The number of rotatable bonds is 12. The molecule has 0 fully saturated rings. The van der Waals surface area contributed by atoms with Crippen molar-refractivity contribution in [2.45, 2.75) is 79.0 Å². The van der Waals surface area contributed by atoms with Crippen LogP contribution in [0.3, 0.4) is 0 Å². The van der Waals surface area contributed by atoms with Crippen LogP contribution in [-0.4, -0.2) is 65.2 Å². The Morgan fingerprint density at radius 1 is 1.00 bits per heavy atom. The molecule has 0 radical (unpaired) electrons. The van der Waals surface area contributed by atoms with Crippen molar-refractivity contribution < 1.29 is 33.8 Å². The number of esters is 1. The molecule has 2 unspecified atom stereocenters. The van der Waals surface area contributed by atoms with Crippen LogP contribution < -0.4 is 10.6 Å². The summed E-state index contributed by atoms with van der Waals surface area (Å²) in [5.74, 6) is -1.31. The lowest BCUT2D eigenvalue weighted by atomic mass is 9.95. The summed E-state index contributed by atoms with van der Waals surface area (Å²) in [6.45, 7) is 12.9. The number of ether oxygens (including phenoxy) is 2. The topological polar surface area (TPSA) is 134 Å². The summed E-state index contributed by atoms with van der Waals surface area (Å²) < 4.78 is 10.4. The highest BCUT2D eigenvalue weighted by molar-refractivity contribution is 5.92. The summed E-state index contributed by atoms with van der Waals surface area (Å²) in [5.41, 5.74) is 2.34. The molecule has 2 atom stereocenters. The zero-order valence-electron chi connectivity index (χ0n) is 25.1. The number of carbonyl (C=O) groups excluding carboxylic acids is 4. The predicted molar refractivity (Wildman–Crippen MR) is 155 cm³/mol. The Kier molecular flexibility index (Phi) is 12.2. The van der Waals surface area contributed by atoms with Crippen LogP contribution in [-0.2, 0) is 30.3 Å². The van der Waals surface area contributed by atoms with Crippen LogP contribution in [0.1, 0.15) is 69.3 Å². The van der Waals surface area contributed by atoms with Gasteiger partial charge in [-0.05, 0) is 77.3 Å². The van der Waals surface area contributed by atoms with Gasteiger partial charge in [-0.2, -0.15) is 0 Å². The third-order valence-electron chi connectivity index (χ3n) is 6.20. The standard InChI is InChI=1S/C31H43N3O7/c1-8-34(27(24-15-10-20(3)18-21(24)4)28(37)32-17-16-26(36)40-9-2)29(38)25(33-30(39)41-31(5,6)7)19-22-11-13-23(35)14-12-22/h10-15,18,25,27,35H,8-9,16-17,19H2,1-7H3,(H,32,37)(H,33,39). The molecule has 0 spiro atoms. The van der Waals surface area contributed by atoms with Crippen molar-refractivity contribution in [2.24, 2.45) is 0 Å². The Bertz CT molecular complexity index is 1210. The average Bonchev–Trinajstić information content (AvgIpc) is 2.87. The highest BCUT2D eigenvalue weighted by atomic mass is 16.6. The zero-order valence-corrected chi connectivity index (χ0v) is 25.1. The SMILES string of the molecule is CCOC(=O)CCNC(=O)C(c1ccc(C)cc1C)N(CC)C(=O)C(Cc1ccc(O)cc1)NC(=O)OC(C)(C)C. The second-order valence-electron chi connectivity index (χ2n) is 10.8. The normalized spacial score (nSPS) is 12.6. The van der Waals surface area contributed by atoms with E-state index in [4.69, 9.17) is 9.47 Å². The van der Waals surface area contributed by atoms with Gasteiger partial charge < -0.3 is 30.1 Å². The number of likely N-dealkylation sites (N-methyl/N-ethyl adjacent to an activating group) is 1. The fraction of sp³-hybridized carbons (Fsp3) is 0.484. The van der Waals surface area contributed by atoms with Crippen LogP contribution in [0.2, 0.25) is 0 Å². The molecule has 0 heterocycles. The number of amides is 3. The van der Waals surface area contributed by atoms with Crippen LogP contribution in [0.15, 0.2) is 42.5 Å². The van der Waals surface area contributed by atoms with Crippen LogP contribution in [0, 0.1) is 13.8 Å². The molecule has 0 aliphatic rings. The summed E-state index contributed by atoms with van der Waals surface area (Å²) in [4.78, 5) is 53.9. The van der Waals surface area contributed by atoms with Crippen LogP contribution in [0.25, 0.3) is 0 Å². The Labute approximate surface area is 242 Å². The highest BCUT2D eigenvalue weighted by Crippen LogP contribution is 2.27. The quantitative estimate of drug-likeness (QED) is 0.328. The molecule has 2 rings (SSSR count). The summed E-state index contributed by atoms with van der Waals surface area (Å²) in [5, 5.41) is 15.2. The average molecular weight is 570 g/mol. The maximum atomic E-state index is 14.2. The smallest absolute Gasteiger partial charge is 0.408 e. The van der Waals surface area contributed by atoms with Crippen molar-refractivity contribution in [3.63, 3.8) is 0 Å². The third kappa shape index (κ3) is 10.4. The van der Waals surface area contributed by atoms with Gasteiger partial charge in [0.05, 0.1) is 13.0 Å². The fourth-order valence-corrected chi connectivity index (χ4v) is 4.38. The largest absolute Gasteiger partial charge is 0.508 e. The van der Waals surface area contributed by atoms with E-state index in [0.29, 0.717) is 11.1 Å². The first-order valence-corrected chi connectivity index (χ1v) is 13.8. The minimum Gasteiger partial charge on any atom is -0.508 e. The van der Waals surface area contributed by atoms with Crippen molar-refractivity contribution in [3.8, 4) is 5.75 Å². The van der Waals surface area contributed by atoms with Gasteiger partial charge in [0, 0.05) is 19.5 Å². The molecule has 0 bridgehead atoms. The lowest BCUT2D eigenvalue weighted by Crippen LogP contribution is -2.54. The summed E-state index contributed by atoms with van der Waals surface area (Å²) >= 11 is 0. The molecule has 41 heavy (non-hydrogen) atoms. The molecule has 10 heteroatoms. The number of hydrogen-bond acceptors (Lipinski definition) is 7. The minimum absolute atomic E-state index is 0.0110.